The third kappa shape index (κ3) is 4.33. The number of nitrogens with one attached hydrogen (secondary N) is 1. The molecule has 2 heterocycles. The monoisotopic (exact) mass is 402 g/mol. The van der Waals surface area contributed by atoms with E-state index in [1.165, 1.54) is 13.5 Å². The molecule has 1 saturated heterocycles. The molecule has 0 bridgehead atoms. The fraction of sp³-hybridized carbons (Fsp3) is 0.429. The average molecular weight is 403 g/mol. The van der Waals surface area contributed by atoms with Crippen LogP contribution < -0.4 is 5.32 Å². The summed E-state index contributed by atoms with van der Waals surface area (Å²) in [5.74, 6) is 0.876. The van der Waals surface area contributed by atoms with E-state index in [9.17, 15) is 4.79 Å². The van der Waals surface area contributed by atoms with Gasteiger partial charge in [-0.2, -0.15) is 0 Å². The molecule has 2 unspecified atom stereocenters. The number of ether oxygens (including phenoxy) is 1. The van der Waals surface area contributed by atoms with E-state index in [0.29, 0.717) is 22.5 Å². The summed E-state index contributed by atoms with van der Waals surface area (Å²) in [5, 5.41) is 4.78. The van der Waals surface area contributed by atoms with Gasteiger partial charge >= 0.3 is 5.97 Å². The summed E-state index contributed by atoms with van der Waals surface area (Å²) in [6.07, 6.45) is 1.22. The molecule has 4 nitrogen and oxygen atoms in total. The van der Waals surface area contributed by atoms with E-state index in [4.69, 9.17) is 17.0 Å². The first-order valence-electron chi connectivity index (χ1n) is 9.23. The maximum Gasteiger partial charge on any atom is 0.341 e. The van der Waals surface area contributed by atoms with Crippen LogP contribution in [0.4, 0.5) is 5.00 Å². The summed E-state index contributed by atoms with van der Waals surface area (Å²) in [4.78, 5) is 15.9. The Morgan fingerprint density at radius 3 is 2.44 bits per heavy atom. The number of carbonyl (C=O) groups excluding carboxylic acids is 1. The van der Waals surface area contributed by atoms with Gasteiger partial charge in [-0.1, -0.05) is 44.2 Å². The van der Waals surface area contributed by atoms with Crippen molar-refractivity contribution >= 4 is 39.6 Å². The minimum atomic E-state index is -0.344. The first-order chi connectivity index (χ1) is 12.9. The zero-order chi connectivity index (χ0) is 19.6. The molecule has 1 aromatic carbocycles. The van der Waals surface area contributed by atoms with Crippen molar-refractivity contribution in [1.82, 2.24) is 4.90 Å². The number of thiocarbonyl (C=S) groups is 1. The highest BCUT2D eigenvalue weighted by Gasteiger charge is 2.27. The van der Waals surface area contributed by atoms with Crippen molar-refractivity contribution in [2.75, 3.05) is 25.5 Å². The molecular weight excluding hydrogens is 376 g/mol. The van der Waals surface area contributed by atoms with E-state index in [-0.39, 0.29) is 5.97 Å². The van der Waals surface area contributed by atoms with Crippen LogP contribution in [0.5, 0.6) is 0 Å². The van der Waals surface area contributed by atoms with Gasteiger partial charge in [-0.15, -0.1) is 11.3 Å². The Hall–Kier alpha value is -1.92. The fourth-order valence-corrected chi connectivity index (χ4v) is 5.27. The Balaban J connectivity index is 1.94. The first kappa shape index (κ1) is 19.8. The van der Waals surface area contributed by atoms with Crippen molar-refractivity contribution in [2.24, 2.45) is 11.8 Å². The maximum atomic E-state index is 12.6. The SMILES string of the molecule is COC(=O)c1c(NC(=S)N2CC(C)CC(C)C2)sc(C)c1-c1ccccc1. The summed E-state index contributed by atoms with van der Waals surface area (Å²) in [6, 6.07) is 9.94. The molecule has 2 atom stereocenters. The normalized spacial score (nSPS) is 19.6. The van der Waals surface area contributed by atoms with Crippen LogP contribution in [-0.4, -0.2) is 36.2 Å². The van der Waals surface area contributed by atoms with Crippen LogP contribution in [-0.2, 0) is 4.74 Å². The number of thiophene rings is 1. The molecule has 0 radical (unpaired) electrons. The van der Waals surface area contributed by atoms with E-state index in [1.807, 2.05) is 37.3 Å². The van der Waals surface area contributed by atoms with Gasteiger partial charge in [0.2, 0.25) is 0 Å². The quantitative estimate of drug-likeness (QED) is 0.566. The van der Waals surface area contributed by atoms with E-state index in [2.05, 4.69) is 24.1 Å². The molecule has 0 amide bonds. The molecule has 27 heavy (non-hydrogen) atoms. The third-order valence-electron chi connectivity index (χ3n) is 4.91. The minimum Gasteiger partial charge on any atom is -0.465 e. The molecule has 6 heteroatoms. The highest BCUT2D eigenvalue weighted by atomic mass is 32.1. The van der Waals surface area contributed by atoms with Gasteiger partial charge < -0.3 is 15.0 Å². The highest BCUT2D eigenvalue weighted by Crippen LogP contribution is 2.40. The Kier molecular flexibility index (Phi) is 6.17. The Bertz CT molecular complexity index is 822. The zero-order valence-electron chi connectivity index (χ0n) is 16.2. The van der Waals surface area contributed by atoms with Crippen molar-refractivity contribution in [3.05, 3.63) is 40.8 Å². The van der Waals surface area contributed by atoms with Crippen LogP contribution in [0.1, 0.15) is 35.5 Å². The molecule has 144 valence electrons. The third-order valence-corrected chi connectivity index (χ3v) is 6.29. The Labute approximate surface area is 170 Å². The Morgan fingerprint density at radius 2 is 1.85 bits per heavy atom. The van der Waals surface area contributed by atoms with E-state index in [1.54, 1.807) is 11.3 Å². The minimum absolute atomic E-state index is 0.344. The van der Waals surface area contributed by atoms with Crippen LogP contribution >= 0.6 is 23.6 Å². The molecule has 1 fully saturated rings. The molecule has 1 aromatic heterocycles. The second kappa shape index (κ2) is 8.40. The van der Waals surface area contributed by atoms with Gasteiger partial charge in [-0.3, -0.25) is 0 Å². The van der Waals surface area contributed by atoms with Crippen molar-refractivity contribution in [1.29, 1.82) is 0 Å². The number of aryl methyl sites for hydroxylation is 1. The summed E-state index contributed by atoms with van der Waals surface area (Å²) >= 11 is 7.23. The van der Waals surface area contributed by atoms with Crippen LogP contribution in [0.15, 0.2) is 30.3 Å². The van der Waals surface area contributed by atoms with Crippen LogP contribution in [0, 0.1) is 18.8 Å². The zero-order valence-corrected chi connectivity index (χ0v) is 17.9. The number of hydrogen-bond donors (Lipinski definition) is 1. The smallest absolute Gasteiger partial charge is 0.341 e. The predicted octanol–water partition coefficient (Wildman–Crippen LogP) is 5.18. The molecule has 2 aromatic rings. The summed E-state index contributed by atoms with van der Waals surface area (Å²) in [6.45, 7) is 8.43. The second-order valence-electron chi connectivity index (χ2n) is 7.38. The molecule has 0 spiro atoms. The van der Waals surface area contributed by atoms with Crippen molar-refractivity contribution in [2.45, 2.75) is 27.2 Å². The number of methoxy groups -OCH3 is 1. The number of benzene rings is 1. The number of piperidine rings is 1. The number of nitrogens with zero attached hydrogens (tertiary/aromatic N) is 1. The Morgan fingerprint density at radius 1 is 1.22 bits per heavy atom. The number of rotatable bonds is 3. The van der Waals surface area contributed by atoms with E-state index >= 15 is 0 Å². The van der Waals surface area contributed by atoms with Gasteiger partial charge in [0.05, 0.1) is 7.11 Å². The van der Waals surface area contributed by atoms with Gasteiger partial charge in [0.15, 0.2) is 5.11 Å². The van der Waals surface area contributed by atoms with Gasteiger partial charge in [0, 0.05) is 23.5 Å². The standard InChI is InChI=1S/C21H26N2O2S2/c1-13-10-14(2)12-23(11-13)21(26)22-19-18(20(24)25-4)17(15(3)27-19)16-8-6-5-7-9-16/h5-9,13-14H,10-12H2,1-4H3,(H,22,26). The number of hydrogen-bond acceptors (Lipinski definition) is 4. The van der Waals surface area contributed by atoms with Crippen LogP contribution in [0.2, 0.25) is 0 Å². The molecule has 3 rings (SSSR count). The molecule has 0 aliphatic carbocycles. The topological polar surface area (TPSA) is 41.6 Å². The lowest BCUT2D eigenvalue weighted by molar-refractivity contribution is 0.0603. The lowest BCUT2D eigenvalue weighted by atomic mass is 9.92. The largest absolute Gasteiger partial charge is 0.465 e. The number of carbonyl (C=O) groups is 1. The van der Waals surface area contributed by atoms with Gasteiger partial charge in [-0.05, 0) is 43.0 Å². The van der Waals surface area contributed by atoms with E-state index in [0.717, 1.165) is 34.1 Å². The molecular formula is C21H26N2O2S2. The maximum absolute atomic E-state index is 12.6. The molecule has 1 aliphatic rings. The summed E-state index contributed by atoms with van der Waals surface area (Å²) < 4.78 is 5.08. The van der Waals surface area contributed by atoms with Crippen molar-refractivity contribution in [3.63, 3.8) is 0 Å². The second-order valence-corrected chi connectivity index (χ2v) is 8.99. The van der Waals surface area contributed by atoms with Crippen molar-refractivity contribution < 1.29 is 9.53 Å². The van der Waals surface area contributed by atoms with Gasteiger partial charge in [0.25, 0.3) is 0 Å². The predicted molar refractivity (Wildman–Crippen MR) is 117 cm³/mol. The van der Waals surface area contributed by atoms with Gasteiger partial charge in [-0.25, -0.2) is 4.79 Å². The number of likely N-dealkylation sites (tertiary alicyclic amines) is 1. The number of anilines is 1. The summed E-state index contributed by atoms with van der Waals surface area (Å²) in [7, 11) is 1.42. The van der Waals surface area contributed by atoms with Crippen LogP contribution in [0.3, 0.4) is 0 Å². The fourth-order valence-electron chi connectivity index (χ4n) is 3.89. The lowest BCUT2D eigenvalue weighted by Gasteiger charge is -2.36. The highest BCUT2D eigenvalue weighted by molar-refractivity contribution is 7.80. The summed E-state index contributed by atoms with van der Waals surface area (Å²) in [5.41, 5.74) is 2.48. The van der Waals surface area contributed by atoms with Crippen molar-refractivity contribution in [3.8, 4) is 11.1 Å². The van der Waals surface area contributed by atoms with Gasteiger partial charge in [0.1, 0.15) is 10.6 Å². The molecule has 1 aliphatic heterocycles. The van der Waals surface area contributed by atoms with E-state index < -0.39 is 0 Å². The molecule has 1 N–H and O–H groups in total. The lowest BCUT2D eigenvalue weighted by Crippen LogP contribution is -2.44. The van der Waals surface area contributed by atoms with Crippen LogP contribution in [0.25, 0.3) is 11.1 Å². The molecule has 0 saturated carbocycles. The number of esters is 1. The first-order valence-corrected chi connectivity index (χ1v) is 10.5. The average Bonchev–Trinajstić information content (AvgIpc) is 2.96.